The molecule has 0 aromatic carbocycles. The first-order valence-corrected chi connectivity index (χ1v) is 9.14. The minimum atomic E-state index is -1.53. The molecule has 0 aliphatic carbocycles. The number of alkyl halides is 6. The van der Waals surface area contributed by atoms with Gasteiger partial charge in [0.2, 0.25) is 5.91 Å². The van der Waals surface area contributed by atoms with Crippen LogP contribution in [-0.4, -0.2) is 43.5 Å². The number of nitrogens with zero attached hydrogens (tertiary/aromatic N) is 1. The second-order valence-electron chi connectivity index (χ2n) is 5.23. The SMILES string of the molecule is COC1=CC(=O)N(C(=O)[C@H](N)CCC(Cl)(Cl)Cl)[C@@H]1CCC(Cl)(Cl)Cl. The molecule has 0 saturated carbocycles. The molecule has 0 spiro atoms. The summed E-state index contributed by atoms with van der Waals surface area (Å²) in [4.78, 5) is 25.7. The molecule has 0 radical (unpaired) electrons. The van der Waals surface area contributed by atoms with Gasteiger partial charge in [0.25, 0.3) is 5.91 Å². The maximum Gasteiger partial charge on any atom is 0.257 e. The van der Waals surface area contributed by atoms with Crippen molar-refractivity contribution in [3.8, 4) is 0 Å². The Labute approximate surface area is 170 Å². The van der Waals surface area contributed by atoms with E-state index in [9.17, 15) is 9.59 Å². The number of imide groups is 1. The molecule has 24 heavy (non-hydrogen) atoms. The van der Waals surface area contributed by atoms with Gasteiger partial charge in [0.05, 0.1) is 19.2 Å². The highest BCUT2D eigenvalue weighted by molar-refractivity contribution is 6.67. The van der Waals surface area contributed by atoms with Crippen molar-refractivity contribution in [3.63, 3.8) is 0 Å². The van der Waals surface area contributed by atoms with Gasteiger partial charge in [-0.3, -0.25) is 14.5 Å². The van der Waals surface area contributed by atoms with E-state index in [0.29, 0.717) is 5.76 Å². The quantitative estimate of drug-likeness (QED) is 0.610. The molecule has 138 valence electrons. The fraction of sp³-hybridized carbons (Fsp3) is 0.692. The molecule has 0 aromatic rings. The largest absolute Gasteiger partial charge is 0.499 e. The van der Waals surface area contributed by atoms with Crippen LogP contribution in [0.3, 0.4) is 0 Å². The summed E-state index contributed by atoms with van der Waals surface area (Å²) in [5, 5.41) is 0. The van der Waals surface area contributed by atoms with Crippen LogP contribution in [0.2, 0.25) is 0 Å². The summed E-state index contributed by atoms with van der Waals surface area (Å²) in [6.45, 7) is 0. The van der Waals surface area contributed by atoms with Crippen LogP contribution in [-0.2, 0) is 14.3 Å². The van der Waals surface area contributed by atoms with Gasteiger partial charge in [-0.2, -0.15) is 0 Å². The van der Waals surface area contributed by atoms with E-state index < -0.39 is 31.5 Å². The van der Waals surface area contributed by atoms with Gasteiger partial charge in [-0.15, -0.1) is 0 Å². The number of ether oxygens (including phenoxy) is 1. The van der Waals surface area contributed by atoms with E-state index in [1.807, 2.05) is 0 Å². The van der Waals surface area contributed by atoms with Crippen molar-refractivity contribution in [1.82, 2.24) is 4.90 Å². The number of carbonyl (C=O) groups excluding carboxylic acids is 2. The Balaban J connectivity index is 2.85. The van der Waals surface area contributed by atoms with Gasteiger partial charge in [0.1, 0.15) is 5.76 Å². The summed E-state index contributed by atoms with van der Waals surface area (Å²) < 4.78 is 2.10. The zero-order valence-corrected chi connectivity index (χ0v) is 17.1. The zero-order valence-electron chi connectivity index (χ0n) is 12.6. The lowest BCUT2D eigenvalue weighted by Crippen LogP contribution is -2.49. The first-order valence-electron chi connectivity index (χ1n) is 6.87. The number of carbonyl (C=O) groups is 2. The van der Waals surface area contributed by atoms with Crippen LogP contribution in [0, 0.1) is 0 Å². The summed E-state index contributed by atoms with van der Waals surface area (Å²) in [5.41, 5.74) is 5.84. The third-order valence-corrected chi connectivity index (χ3v) is 4.51. The molecule has 2 N–H and O–H groups in total. The van der Waals surface area contributed by atoms with Crippen molar-refractivity contribution in [2.45, 2.75) is 45.4 Å². The molecule has 0 aromatic heterocycles. The molecule has 2 atom stereocenters. The first kappa shape index (κ1) is 22.4. The minimum absolute atomic E-state index is 0.0655. The lowest BCUT2D eigenvalue weighted by atomic mass is 10.1. The number of hydrogen-bond acceptors (Lipinski definition) is 4. The van der Waals surface area contributed by atoms with Crippen molar-refractivity contribution in [2.24, 2.45) is 5.73 Å². The van der Waals surface area contributed by atoms with Gasteiger partial charge in [0, 0.05) is 6.08 Å². The van der Waals surface area contributed by atoms with Crippen LogP contribution in [0.15, 0.2) is 11.8 Å². The zero-order chi connectivity index (χ0) is 18.7. The summed E-state index contributed by atoms with van der Waals surface area (Å²) in [6, 6.07) is -1.70. The molecule has 11 heteroatoms. The molecule has 1 aliphatic heterocycles. The van der Waals surface area contributed by atoms with E-state index in [2.05, 4.69) is 0 Å². The summed E-state index contributed by atoms with van der Waals surface area (Å²) >= 11 is 34.2. The number of hydrogen-bond donors (Lipinski definition) is 1. The summed E-state index contributed by atoms with van der Waals surface area (Å²) in [6.07, 6.45) is 1.70. The van der Waals surface area contributed by atoms with Gasteiger partial charge in [-0.25, -0.2) is 0 Å². The van der Waals surface area contributed by atoms with E-state index in [1.165, 1.54) is 13.2 Å². The third-order valence-electron chi connectivity index (χ3n) is 3.37. The summed E-state index contributed by atoms with van der Waals surface area (Å²) in [7, 11) is 1.39. The molecular formula is C13H16Cl6N2O3. The molecule has 1 heterocycles. The highest BCUT2D eigenvalue weighted by Crippen LogP contribution is 2.36. The number of nitrogens with two attached hydrogens (primary N) is 1. The lowest BCUT2D eigenvalue weighted by molar-refractivity contribution is -0.144. The van der Waals surface area contributed by atoms with Crippen molar-refractivity contribution in [1.29, 1.82) is 0 Å². The molecule has 0 fully saturated rings. The molecule has 5 nitrogen and oxygen atoms in total. The van der Waals surface area contributed by atoms with Crippen LogP contribution in [0.4, 0.5) is 0 Å². The molecule has 0 saturated heterocycles. The molecule has 1 rings (SSSR count). The van der Waals surface area contributed by atoms with Crippen molar-refractivity contribution in [3.05, 3.63) is 11.8 Å². The van der Waals surface area contributed by atoms with Gasteiger partial charge >= 0.3 is 0 Å². The van der Waals surface area contributed by atoms with E-state index in [1.54, 1.807) is 0 Å². The Morgan fingerprint density at radius 3 is 2.25 bits per heavy atom. The molecule has 0 bridgehead atoms. The van der Waals surface area contributed by atoms with Crippen LogP contribution in [0.25, 0.3) is 0 Å². The second-order valence-corrected chi connectivity index (χ2v) is 10.3. The number of methoxy groups -OCH3 is 1. The number of rotatable bonds is 6. The van der Waals surface area contributed by atoms with Crippen LogP contribution in [0.1, 0.15) is 25.7 Å². The topological polar surface area (TPSA) is 72.6 Å². The predicted molar refractivity (Wildman–Crippen MR) is 97.8 cm³/mol. The average molecular weight is 461 g/mol. The van der Waals surface area contributed by atoms with Crippen molar-refractivity contribution < 1.29 is 14.3 Å². The van der Waals surface area contributed by atoms with E-state index in [4.69, 9.17) is 80.1 Å². The standard InChI is InChI=1S/C13H16Cl6N2O3/c1-24-9-6-10(22)21(8(9)3-5-13(17,18)19)11(23)7(20)2-4-12(14,15)16/h6-8H,2-5,20H2,1H3/t7-,8-/m1/s1. The normalized spacial score (nSPS) is 20.2. The van der Waals surface area contributed by atoms with Crippen LogP contribution < -0.4 is 5.73 Å². The Hall–Kier alpha value is 0.380. The smallest absolute Gasteiger partial charge is 0.257 e. The summed E-state index contributed by atoms with van der Waals surface area (Å²) in [5.74, 6) is -0.849. The Bertz CT molecular complexity index is 515. The lowest BCUT2D eigenvalue weighted by Gasteiger charge is -2.28. The maximum atomic E-state index is 12.5. The van der Waals surface area contributed by atoms with E-state index in [-0.39, 0.29) is 25.7 Å². The van der Waals surface area contributed by atoms with Crippen molar-refractivity contribution >= 4 is 81.4 Å². The highest BCUT2D eigenvalue weighted by atomic mass is 35.6. The monoisotopic (exact) mass is 458 g/mol. The average Bonchev–Trinajstić information content (AvgIpc) is 2.76. The Kier molecular flexibility index (Phi) is 8.27. The fourth-order valence-corrected chi connectivity index (χ4v) is 2.87. The van der Waals surface area contributed by atoms with Crippen LogP contribution in [0.5, 0.6) is 0 Å². The molecule has 1 aliphatic rings. The minimum Gasteiger partial charge on any atom is -0.499 e. The van der Waals surface area contributed by atoms with E-state index in [0.717, 1.165) is 4.90 Å². The Morgan fingerprint density at radius 1 is 1.25 bits per heavy atom. The fourth-order valence-electron chi connectivity index (χ4n) is 2.22. The third kappa shape index (κ3) is 6.94. The van der Waals surface area contributed by atoms with Gasteiger partial charge < -0.3 is 10.5 Å². The first-order chi connectivity index (χ1) is 10.9. The van der Waals surface area contributed by atoms with Crippen molar-refractivity contribution in [2.75, 3.05) is 7.11 Å². The van der Waals surface area contributed by atoms with E-state index >= 15 is 0 Å². The van der Waals surface area contributed by atoms with Gasteiger partial charge in [-0.1, -0.05) is 69.6 Å². The highest BCUT2D eigenvalue weighted by Gasteiger charge is 2.41. The molecule has 0 unspecified atom stereocenters. The number of halogens is 6. The maximum absolute atomic E-state index is 12.5. The Morgan fingerprint density at radius 2 is 1.79 bits per heavy atom. The molecular weight excluding hydrogens is 445 g/mol. The second kappa shape index (κ2) is 8.85. The van der Waals surface area contributed by atoms with Gasteiger partial charge in [0.15, 0.2) is 7.59 Å². The van der Waals surface area contributed by atoms with Gasteiger partial charge in [-0.05, 0) is 25.7 Å². The van der Waals surface area contributed by atoms with Crippen LogP contribution >= 0.6 is 69.6 Å². The molecule has 2 amide bonds. The number of amides is 2. The predicted octanol–water partition coefficient (Wildman–Crippen LogP) is 3.88.